The Kier molecular flexibility index (Phi) is 4.13. The summed E-state index contributed by atoms with van der Waals surface area (Å²) in [6, 6.07) is 10.2. The average molecular weight is 275 g/mol. The number of nitrogens with one attached hydrogen (secondary N) is 1. The van der Waals surface area contributed by atoms with Gasteiger partial charge in [0.15, 0.2) is 11.5 Å². The third kappa shape index (κ3) is 3.02. The number of aromatic hydroxyl groups is 1. The van der Waals surface area contributed by atoms with Gasteiger partial charge in [-0.15, -0.1) is 0 Å². The van der Waals surface area contributed by atoms with Crippen LogP contribution in [0.4, 0.5) is 10.1 Å². The number of phenolic OH excluding ortho intramolecular Hbond substituents is 1. The minimum Gasteiger partial charge on any atom is -0.504 e. The zero-order valence-corrected chi connectivity index (χ0v) is 11.8. The van der Waals surface area contributed by atoms with Crippen LogP contribution in [0.3, 0.4) is 0 Å². The summed E-state index contributed by atoms with van der Waals surface area (Å²) in [5, 5.41) is 12.9. The van der Waals surface area contributed by atoms with Crippen molar-refractivity contribution >= 4 is 5.69 Å². The van der Waals surface area contributed by atoms with Crippen LogP contribution in [0.15, 0.2) is 36.4 Å². The van der Waals surface area contributed by atoms with Crippen molar-refractivity contribution in [1.29, 1.82) is 0 Å². The van der Waals surface area contributed by atoms with Gasteiger partial charge in [0.1, 0.15) is 5.82 Å². The number of hydrogen-bond donors (Lipinski definition) is 2. The molecule has 2 aromatic rings. The van der Waals surface area contributed by atoms with E-state index < -0.39 is 0 Å². The zero-order chi connectivity index (χ0) is 14.7. The minimum absolute atomic E-state index is 0.0692. The monoisotopic (exact) mass is 275 g/mol. The Morgan fingerprint density at radius 3 is 2.55 bits per heavy atom. The summed E-state index contributed by atoms with van der Waals surface area (Å²) in [5.74, 6) is 0.276. The first-order chi connectivity index (χ1) is 9.51. The number of benzene rings is 2. The molecule has 0 amide bonds. The molecule has 0 heterocycles. The summed E-state index contributed by atoms with van der Waals surface area (Å²) in [6.45, 7) is 3.67. The topological polar surface area (TPSA) is 41.5 Å². The fourth-order valence-electron chi connectivity index (χ4n) is 1.99. The minimum atomic E-state index is -0.214. The second-order valence-corrected chi connectivity index (χ2v) is 4.76. The Bertz CT molecular complexity index is 613. The first-order valence-electron chi connectivity index (χ1n) is 6.41. The average Bonchev–Trinajstić information content (AvgIpc) is 2.42. The maximum Gasteiger partial charge on any atom is 0.160 e. The molecule has 0 radical (unpaired) electrons. The van der Waals surface area contributed by atoms with E-state index >= 15 is 0 Å². The molecule has 1 unspecified atom stereocenters. The number of ether oxygens (including phenoxy) is 1. The van der Waals surface area contributed by atoms with E-state index in [1.807, 2.05) is 13.0 Å². The van der Waals surface area contributed by atoms with Gasteiger partial charge < -0.3 is 15.2 Å². The molecule has 0 aliphatic heterocycles. The van der Waals surface area contributed by atoms with Gasteiger partial charge in [0, 0.05) is 17.8 Å². The van der Waals surface area contributed by atoms with E-state index in [0.29, 0.717) is 11.3 Å². The lowest BCUT2D eigenvalue weighted by atomic mass is 10.1. The molecule has 106 valence electrons. The Morgan fingerprint density at radius 2 is 1.95 bits per heavy atom. The van der Waals surface area contributed by atoms with Crippen LogP contribution >= 0.6 is 0 Å². The lowest BCUT2D eigenvalue weighted by molar-refractivity contribution is 0.373. The lowest BCUT2D eigenvalue weighted by Crippen LogP contribution is -2.07. The van der Waals surface area contributed by atoms with E-state index in [1.165, 1.54) is 13.2 Å². The molecule has 4 heteroatoms. The molecular formula is C16H18FNO2. The molecule has 0 aromatic heterocycles. The summed E-state index contributed by atoms with van der Waals surface area (Å²) < 4.78 is 18.5. The van der Waals surface area contributed by atoms with Crippen molar-refractivity contribution in [3.63, 3.8) is 0 Å². The standard InChI is InChI=1S/C16H18FNO2/c1-10-4-5-12(8-14(10)17)11(2)18-13-6-7-16(20-3)15(19)9-13/h4-9,11,18-19H,1-3H3. The highest BCUT2D eigenvalue weighted by molar-refractivity contribution is 5.55. The van der Waals surface area contributed by atoms with Crippen molar-refractivity contribution in [3.8, 4) is 11.5 Å². The van der Waals surface area contributed by atoms with Crippen LogP contribution in [0.1, 0.15) is 24.1 Å². The molecule has 3 nitrogen and oxygen atoms in total. The second kappa shape index (κ2) is 5.82. The highest BCUT2D eigenvalue weighted by atomic mass is 19.1. The normalized spacial score (nSPS) is 12.0. The number of rotatable bonds is 4. The lowest BCUT2D eigenvalue weighted by Gasteiger charge is -2.17. The van der Waals surface area contributed by atoms with Gasteiger partial charge in [-0.25, -0.2) is 4.39 Å². The molecule has 20 heavy (non-hydrogen) atoms. The maximum atomic E-state index is 13.6. The zero-order valence-electron chi connectivity index (χ0n) is 11.8. The van der Waals surface area contributed by atoms with Gasteiger partial charge in [0.2, 0.25) is 0 Å². The van der Waals surface area contributed by atoms with Gasteiger partial charge >= 0.3 is 0 Å². The van der Waals surface area contributed by atoms with E-state index in [0.717, 1.165) is 11.3 Å². The summed E-state index contributed by atoms with van der Waals surface area (Å²) in [4.78, 5) is 0. The summed E-state index contributed by atoms with van der Waals surface area (Å²) in [5.41, 5.74) is 2.23. The molecule has 2 aromatic carbocycles. The maximum absolute atomic E-state index is 13.6. The van der Waals surface area contributed by atoms with Crippen molar-refractivity contribution in [3.05, 3.63) is 53.3 Å². The number of aryl methyl sites for hydroxylation is 1. The van der Waals surface area contributed by atoms with Crippen LogP contribution in [-0.4, -0.2) is 12.2 Å². The van der Waals surface area contributed by atoms with E-state index in [4.69, 9.17) is 4.74 Å². The van der Waals surface area contributed by atoms with Crippen molar-refractivity contribution in [2.75, 3.05) is 12.4 Å². The molecule has 0 fully saturated rings. The first-order valence-corrected chi connectivity index (χ1v) is 6.41. The van der Waals surface area contributed by atoms with Crippen molar-refractivity contribution in [1.82, 2.24) is 0 Å². The van der Waals surface area contributed by atoms with Crippen LogP contribution in [0, 0.1) is 12.7 Å². The van der Waals surface area contributed by atoms with Crippen molar-refractivity contribution < 1.29 is 14.2 Å². The number of hydrogen-bond acceptors (Lipinski definition) is 3. The molecule has 1 atom stereocenters. The predicted molar refractivity (Wildman–Crippen MR) is 77.8 cm³/mol. The Morgan fingerprint density at radius 1 is 1.20 bits per heavy atom. The molecule has 0 spiro atoms. The fourth-order valence-corrected chi connectivity index (χ4v) is 1.99. The SMILES string of the molecule is COc1ccc(NC(C)c2ccc(C)c(F)c2)cc1O. The summed E-state index contributed by atoms with van der Waals surface area (Å²) in [7, 11) is 1.50. The second-order valence-electron chi connectivity index (χ2n) is 4.76. The number of phenols is 1. The number of halogens is 1. The van der Waals surface area contributed by atoms with Crippen LogP contribution < -0.4 is 10.1 Å². The fraction of sp³-hybridized carbons (Fsp3) is 0.250. The van der Waals surface area contributed by atoms with Crippen LogP contribution in [0.25, 0.3) is 0 Å². The smallest absolute Gasteiger partial charge is 0.160 e. The Hall–Kier alpha value is -2.23. The molecular weight excluding hydrogens is 257 g/mol. The summed E-state index contributed by atoms with van der Waals surface area (Å²) in [6.07, 6.45) is 0. The molecule has 0 saturated carbocycles. The predicted octanol–water partition coefficient (Wildman–Crippen LogP) is 4.02. The Balaban J connectivity index is 2.16. The van der Waals surface area contributed by atoms with E-state index in [2.05, 4.69) is 5.32 Å². The van der Waals surface area contributed by atoms with Crippen LogP contribution in [0.5, 0.6) is 11.5 Å². The first kappa shape index (κ1) is 14.2. The third-order valence-electron chi connectivity index (χ3n) is 3.26. The Labute approximate surface area is 118 Å². The van der Waals surface area contributed by atoms with E-state index in [9.17, 15) is 9.50 Å². The van der Waals surface area contributed by atoms with Gasteiger partial charge in [0.25, 0.3) is 0 Å². The molecule has 2 rings (SSSR count). The van der Waals surface area contributed by atoms with Crippen LogP contribution in [0.2, 0.25) is 0 Å². The largest absolute Gasteiger partial charge is 0.504 e. The van der Waals surface area contributed by atoms with Gasteiger partial charge in [-0.3, -0.25) is 0 Å². The molecule has 2 N–H and O–H groups in total. The van der Waals surface area contributed by atoms with E-state index in [-0.39, 0.29) is 17.6 Å². The highest BCUT2D eigenvalue weighted by Gasteiger charge is 2.09. The van der Waals surface area contributed by atoms with Crippen molar-refractivity contribution in [2.45, 2.75) is 19.9 Å². The number of methoxy groups -OCH3 is 1. The summed E-state index contributed by atoms with van der Waals surface area (Å²) >= 11 is 0. The van der Waals surface area contributed by atoms with Crippen molar-refractivity contribution in [2.24, 2.45) is 0 Å². The van der Waals surface area contributed by atoms with E-state index in [1.54, 1.807) is 31.2 Å². The molecule has 0 aliphatic rings. The van der Waals surface area contributed by atoms with Gasteiger partial charge in [-0.2, -0.15) is 0 Å². The molecule has 0 aliphatic carbocycles. The van der Waals surface area contributed by atoms with Gasteiger partial charge in [-0.1, -0.05) is 12.1 Å². The van der Waals surface area contributed by atoms with Gasteiger partial charge in [-0.05, 0) is 43.2 Å². The van der Waals surface area contributed by atoms with Crippen LogP contribution in [-0.2, 0) is 0 Å². The third-order valence-corrected chi connectivity index (χ3v) is 3.26. The number of anilines is 1. The molecule has 0 bridgehead atoms. The highest BCUT2D eigenvalue weighted by Crippen LogP contribution is 2.30. The molecule has 0 saturated heterocycles. The quantitative estimate of drug-likeness (QED) is 0.885. The van der Waals surface area contributed by atoms with Gasteiger partial charge in [0.05, 0.1) is 7.11 Å².